The molecule has 0 radical (unpaired) electrons. The van der Waals surface area contributed by atoms with Crippen LogP contribution in [0.3, 0.4) is 0 Å². The third-order valence-corrected chi connectivity index (χ3v) is 9.58. The SMILES string of the molecule is CSCC(=O)Nc1nc2c(s1)C[C@@H]1[C@](C)(CO)[C@H](O)CC[C@@]1(C)[C@@H]2CC(=O)NCc1cccnc1. The Kier molecular flexibility index (Phi) is 7.85. The molecule has 190 valence electrons. The first-order chi connectivity index (χ1) is 16.7. The fourth-order valence-electron chi connectivity index (χ4n) is 5.95. The van der Waals surface area contributed by atoms with Crippen LogP contribution in [0.1, 0.15) is 55.2 Å². The number of carbonyl (C=O) groups excluding carboxylic acids is 2. The van der Waals surface area contributed by atoms with Crippen LogP contribution in [0, 0.1) is 16.7 Å². The zero-order valence-corrected chi connectivity index (χ0v) is 22.0. The van der Waals surface area contributed by atoms with Crippen LogP contribution in [-0.2, 0) is 22.6 Å². The van der Waals surface area contributed by atoms with Gasteiger partial charge in [-0.15, -0.1) is 11.3 Å². The van der Waals surface area contributed by atoms with Gasteiger partial charge in [0.05, 0.1) is 24.2 Å². The average Bonchev–Trinajstić information content (AvgIpc) is 3.24. The summed E-state index contributed by atoms with van der Waals surface area (Å²) in [7, 11) is 0. The van der Waals surface area contributed by atoms with E-state index < -0.39 is 11.5 Å². The van der Waals surface area contributed by atoms with Gasteiger partial charge in [0.2, 0.25) is 11.8 Å². The maximum Gasteiger partial charge on any atom is 0.236 e. The van der Waals surface area contributed by atoms with E-state index in [1.807, 2.05) is 25.3 Å². The fraction of sp³-hybridized carbons (Fsp3) is 0.600. The molecule has 0 aliphatic heterocycles. The van der Waals surface area contributed by atoms with E-state index in [1.54, 1.807) is 12.4 Å². The van der Waals surface area contributed by atoms with Crippen molar-refractivity contribution in [3.05, 3.63) is 40.7 Å². The third-order valence-electron chi connectivity index (χ3n) is 8.02. The Morgan fingerprint density at radius 1 is 1.31 bits per heavy atom. The van der Waals surface area contributed by atoms with Crippen LogP contribution in [0.4, 0.5) is 5.13 Å². The van der Waals surface area contributed by atoms with Gasteiger partial charge in [-0.25, -0.2) is 4.98 Å². The van der Waals surface area contributed by atoms with Gasteiger partial charge in [-0.2, -0.15) is 11.8 Å². The number of carbonyl (C=O) groups is 2. The summed E-state index contributed by atoms with van der Waals surface area (Å²) in [5.74, 6) is -0.0499. The smallest absolute Gasteiger partial charge is 0.236 e. The van der Waals surface area contributed by atoms with Crippen LogP contribution in [0.2, 0.25) is 0 Å². The number of thiazole rings is 1. The van der Waals surface area contributed by atoms with Crippen molar-refractivity contribution < 1.29 is 19.8 Å². The fourth-order valence-corrected chi connectivity index (χ4v) is 7.37. The molecule has 0 aromatic carbocycles. The van der Waals surface area contributed by atoms with Crippen molar-refractivity contribution in [3.8, 4) is 0 Å². The predicted octanol–water partition coefficient (Wildman–Crippen LogP) is 2.96. The first kappa shape index (κ1) is 26.1. The van der Waals surface area contributed by atoms with Crippen molar-refractivity contribution in [3.63, 3.8) is 0 Å². The second-order valence-corrected chi connectivity index (χ2v) is 12.1. The van der Waals surface area contributed by atoms with Crippen LogP contribution in [0.25, 0.3) is 0 Å². The molecule has 4 N–H and O–H groups in total. The average molecular weight is 519 g/mol. The largest absolute Gasteiger partial charge is 0.396 e. The molecule has 2 aromatic heterocycles. The number of anilines is 1. The molecule has 8 nitrogen and oxygen atoms in total. The molecule has 4 rings (SSSR count). The van der Waals surface area contributed by atoms with Gasteiger partial charge in [-0.05, 0) is 48.5 Å². The zero-order chi connectivity index (χ0) is 25.2. The number of thioether (sulfide) groups is 1. The highest BCUT2D eigenvalue weighted by Gasteiger charge is 2.59. The topological polar surface area (TPSA) is 124 Å². The molecule has 0 spiro atoms. The molecule has 0 unspecified atom stereocenters. The molecule has 2 aromatic rings. The van der Waals surface area contributed by atoms with E-state index in [2.05, 4.69) is 22.5 Å². The minimum absolute atomic E-state index is 0.0254. The molecule has 2 heterocycles. The number of nitrogens with zero attached hydrogens (tertiary/aromatic N) is 2. The van der Waals surface area contributed by atoms with Crippen molar-refractivity contribution in [1.82, 2.24) is 15.3 Å². The summed E-state index contributed by atoms with van der Waals surface area (Å²) < 4.78 is 0. The van der Waals surface area contributed by atoms with E-state index in [-0.39, 0.29) is 42.1 Å². The summed E-state index contributed by atoms with van der Waals surface area (Å²) in [5, 5.41) is 27.7. The van der Waals surface area contributed by atoms with Crippen LogP contribution in [0.15, 0.2) is 24.5 Å². The van der Waals surface area contributed by atoms with Crippen LogP contribution in [-0.4, -0.2) is 56.7 Å². The number of nitrogens with one attached hydrogen (secondary N) is 2. The lowest BCUT2D eigenvalue weighted by atomic mass is 9.47. The molecule has 0 bridgehead atoms. The summed E-state index contributed by atoms with van der Waals surface area (Å²) in [6.07, 6.45) is 6.90. The van der Waals surface area contributed by atoms with Gasteiger partial charge in [0.15, 0.2) is 5.13 Å². The van der Waals surface area contributed by atoms with Gasteiger partial charge in [0.1, 0.15) is 0 Å². The maximum atomic E-state index is 13.1. The highest BCUT2D eigenvalue weighted by molar-refractivity contribution is 7.99. The van der Waals surface area contributed by atoms with Crippen molar-refractivity contribution in [1.29, 1.82) is 0 Å². The lowest BCUT2D eigenvalue weighted by Gasteiger charge is -2.58. The number of aliphatic hydroxyl groups excluding tert-OH is 2. The van der Waals surface area contributed by atoms with Gasteiger partial charge in [0.25, 0.3) is 0 Å². The minimum atomic E-state index is -0.679. The second-order valence-electron chi connectivity index (χ2n) is 10.2. The quantitative estimate of drug-likeness (QED) is 0.423. The normalized spacial score (nSPS) is 29.7. The predicted molar refractivity (Wildman–Crippen MR) is 138 cm³/mol. The Balaban J connectivity index is 1.64. The molecule has 5 atom stereocenters. The van der Waals surface area contributed by atoms with Gasteiger partial charge in [0, 0.05) is 41.6 Å². The molecule has 2 aliphatic carbocycles. The minimum Gasteiger partial charge on any atom is -0.396 e. The van der Waals surface area contributed by atoms with E-state index in [0.717, 1.165) is 22.6 Å². The van der Waals surface area contributed by atoms with Crippen LogP contribution in [0.5, 0.6) is 0 Å². The lowest BCUT2D eigenvalue weighted by Crippen LogP contribution is -2.57. The molecule has 10 heteroatoms. The number of aromatic nitrogens is 2. The summed E-state index contributed by atoms with van der Waals surface area (Å²) in [6.45, 7) is 4.39. The summed E-state index contributed by atoms with van der Waals surface area (Å²) in [5.41, 5.74) is 0.780. The Bertz CT molecular complexity index is 1060. The van der Waals surface area contributed by atoms with E-state index >= 15 is 0 Å². The summed E-state index contributed by atoms with van der Waals surface area (Å²) >= 11 is 2.89. The molecule has 0 saturated heterocycles. The lowest BCUT2D eigenvalue weighted by molar-refractivity contribution is -0.144. The number of aliphatic hydroxyl groups is 2. The van der Waals surface area contributed by atoms with Crippen molar-refractivity contribution in [2.45, 2.75) is 58.1 Å². The Hall–Kier alpha value is -2.01. The Morgan fingerprint density at radius 2 is 2.11 bits per heavy atom. The number of hydrogen-bond donors (Lipinski definition) is 4. The Labute approximate surface area is 214 Å². The molecule has 1 saturated carbocycles. The number of hydrogen-bond acceptors (Lipinski definition) is 8. The standard InChI is InChI=1S/C25H34N4O4S2/c1-24-7-6-19(31)25(2,14-30)18(24)10-17-22(29-23(35-17)28-21(33)13-34-3)16(24)9-20(32)27-12-15-5-4-8-26-11-15/h4-5,8,11,16,18-19,30-31H,6-7,9-10,12-14H2,1-3H3,(H,27,32)(H,28,29,33)/t16-,18+,19-,24+,25+/m1/s1. The van der Waals surface area contributed by atoms with E-state index in [4.69, 9.17) is 4.98 Å². The van der Waals surface area contributed by atoms with Crippen LogP contribution < -0.4 is 10.6 Å². The number of fused-ring (bicyclic) bond motifs is 2. The molecular weight excluding hydrogens is 484 g/mol. The zero-order valence-electron chi connectivity index (χ0n) is 20.4. The second kappa shape index (κ2) is 10.5. The molecule has 2 aliphatic rings. The monoisotopic (exact) mass is 518 g/mol. The van der Waals surface area contributed by atoms with Gasteiger partial charge >= 0.3 is 0 Å². The first-order valence-electron chi connectivity index (χ1n) is 11.9. The van der Waals surface area contributed by atoms with Crippen LogP contribution >= 0.6 is 23.1 Å². The van der Waals surface area contributed by atoms with Crippen molar-refractivity contribution >= 4 is 40.0 Å². The summed E-state index contributed by atoms with van der Waals surface area (Å²) in [6, 6.07) is 3.76. The first-order valence-corrected chi connectivity index (χ1v) is 14.1. The number of amides is 2. The van der Waals surface area contributed by atoms with Crippen molar-refractivity contribution in [2.75, 3.05) is 23.9 Å². The number of rotatable bonds is 8. The summed E-state index contributed by atoms with van der Waals surface area (Å²) in [4.78, 5) is 35.3. The van der Waals surface area contributed by atoms with Crippen molar-refractivity contribution in [2.24, 2.45) is 16.7 Å². The maximum absolute atomic E-state index is 13.1. The highest BCUT2D eigenvalue weighted by Crippen LogP contribution is 2.62. The number of pyridine rings is 1. The molecular formula is C25H34N4O4S2. The van der Waals surface area contributed by atoms with E-state index in [1.165, 1.54) is 23.1 Å². The Morgan fingerprint density at radius 3 is 2.80 bits per heavy atom. The molecule has 2 amide bonds. The van der Waals surface area contributed by atoms with E-state index in [0.29, 0.717) is 30.3 Å². The molecule has 35 heavy (non-hydrogen) atoms. The third kappa shape index (κ3) is 5.12. The highest BCUT2D eigenvalue weighted by atomic mass is 32.2. The van der Waals surface area contributed by atoms with Gasteiger partial charge in [-0.3, -0.25) is 14.6 Å². The molecule has 1 fully saturated rings. The van der Waals surface area contributed by atoms with E-state index in [9.17, 15) is 19.8 Å². The van der Waals surface area contributed by atoms with Gasteiger partial charge in [-0.1, -0.05) is 19.9 Å². The van der Waals surface area contributed by atoms with Gasteiger partial charge < -0.3 is 20.8 Å².